The Kier molecular flexibility index (Phi) is 5.91. The van der Waals surface area contributed by atoms with Crippen LogP contribution in [0.1, 0.15) is 12.8 Å². The van der Waals surface area contributed by atoms with Crippen molar-refractivity contribution in [2.45, 2.75) is 18.9 Å². The lowest BCUT2D eigenvalue weighted by atomic mass is 10.2. The van der Waals surface area contributed by atoms with E-state index >= 15 is 0 Å². The number of methoxy groups -OCH3 is 1. The van der Waals surface area contributed by atoms with Crippen molar-refractivity contribution in [1.82, 2.24) is 5.32 Å². The second-order valence-corrected chi connectivity index (χ2v) is 4.84. The van der Waals surface area contributed by atoms with Gasteiger partial charge in [-0.3, -0.25) is 4.79 Å². The van der Waals surface area contributed by atoms with E-state index in [-0.39, 0.29) is 24.4 Å². The van der Waals surface area contributed by atoms with Crippen LogP contribution in [0.25, 0.3) is 0 Å². The average molecular weight is 336 g/mol. The topological polar surface area (TPSA) is 50.4 Å². The number of hydrogen-bond donors (Lipinski definition) is 2. The molecule has 1 aromatic carbocycles. The minimum absolute atomic E-state index is 0. The van der Waals surface area contributed by atoms with Crippen LogP contribution in [0.5, 0.6) is 5.75 Å². The predicted octanol–water partition coefficient (Wildman–Crippen LogP) is 2.57. The number of nitrogens with one attached hydrogen (secondary N) is 2. The molecule has 0 aliphatic carbocycles. The van der Waals surface area contributed by atoms with E-state index in [1.807, 2.05) is 12.1 Å². The number of carbonyl (C=O) groups excluding carboxylic acids is 1. The van der Waals surface area contributed by atoms with Crippen molar-refractivity contribution in [1.29, 1.82) is 0 Å². The molecule has 1 saturated heterocycles. The maximum Gasteiger partial charge on any atom is 0.241 e. The molecule has 0 saturated carbocycles. The number of amides is 1. The van der Waals surface area contributed by atoms with Crippen LogP contribution in [-0.2, 0) is 4.79 Å². The third-order valence-electron chi connectivity index (χ3n) is 2.80. The van der Waals surface area contributed by atoms with Gasteiger partial charge in [0.2, 0.25) is 5.91 Å². The highest BCUT2D eigenvalue weighted by Crippen LogP contribution is 2.28. The molecule has 1 atom stereocenters. The standard InChI is InChI=1S/C12H15BrN2O2.ClH/c1-17-11-7-8(4-5-9(11)13)15-12(16)10-3-2-6-14-10;/h4-5,7,10,14H,2-3,6H2,1H3,(H,15,16);1H. The Morgan fingerprint density at radius 1 is 1.56 bits per heavy atom. The summed E-state index contributed by atoms with van der Waals surface area (Å²) in [5.74, 6) is 0.731. The Labute approximate surface area is 121 Å². The highest BCUT2D eigenvalue weighted by Gasteiger charge is 2.21. The predicted molar refractivity (Wildman–Crippen MR) is 77.6 cm³/mol. The summed E-state index contributed by atoms with van der Waals surface area (Å²) in [4.78, 5) is 11.9. The van der Waals surface area contributed by atoms with Gasteiger partial charge in [-0.2, -0.15) is 0 Å². The molecule has 0 radical (unpaired) electrons. The Bertz CT molecular complexity index is 423. The maximum atomic E-state index is 11.9. The van der Waals surface area contributed by atoms with Crippen LogP contribution in [0.4, 0.5) is 5.69 Å². The quantitative estimate of drug-likeness (QED) is 0.892. The number of hydrogen-bond acceptors (Lipinski definition) is 3. The number of benzene rings is 1. The van der Waals surface area contributed by atoms with Gasteiger partial charge in [-0.05, 0) is 47.4 Å². The van der Waals surface area contributed by atoms with E-state index in [1.165, 1.54) is 0 Å². The van der Waals surface area contributed by atoms with E-state index in [1.54, 1.807) is 13.2 Å². The van der Waals surface area contributed by atoms with Gasteiger partial charge in [-0.25, -0.2) is 0 Å². The van der Waals surface area contributed by atoms with Gasteiger partial charge in [0.25, 0.3) is 0 Å². The fourth-order valence-corrected chi connectivity index (χ4v) is 2.28. The lowest BCUT2D eigenvalue weighted by molar-refractivity contribution is -0.117. The second kappa shape index (κ2) is 6.97. The van der Waals surface area contributed by atoms with Crippen molar-refractivity contribution in [2.75, 3.05) is 19.0 Å². The van der Waals surface area contributed by atoms with Gasteiger partial charge >= 0.3 is 0 Å². The third-order valence-corrected chi connectivity index (χ3v) is 3.45. The molecule has 4 nitrogen and oxygen atoms in total. The molecule has 100 valence electrons. The van der Waals surface area contributed by atoms with E-state index in [2.05, 4.69) is 26.6 Å². The van der Waals surface area contributed by atoms with Gasteiger partial charge < -0.3 is 15.4 Å². The maximum absolute atomic E-state index is 11.9. The van der Waals surface area contributed by atoms with Gasteiger partial charge in [0, 0.05) is 11.8 Å². The van der Waals surface area contributed by atoms with Crippen molar-refractivity contribution in [3.63, 3.8) is 0 Å². The zero-order chi connectivity index (χ0) is 12.3. The number of ether oxygens (including phenoxy) is 1. The van der Waals surface area contributed by atoms with E-state index < -0.39 is 0 Å². The van der Waals surface area contributed by atoms with Crippen molar-refractivity contribution in [3.05, 3.63) is 22.7 Å². The zero-order valence-electron chi connectivity index (χ0n) is 10.0. The molecule has 0 spiro atoms. The van der Waals surface area contributed by atoms with Gasteiger partial charge in [-0.15, -0.1) is 12.4 Å². The molecular weight excluding hydrogens is 320 g/mol. The summed E-state index contributed by atoms with van der Waals surface area (Å²) in [5, 5.41) is 6.05. The minimum atomic E-state index is -0.0651. The normalized spacial score (nSPS) is 18.0. The zero-order valence-corrected chi connectivity index (χ0v) is 12.4. The van der Waals surface area contributed by atoms with E-state index in [0.717, 1.165) is 29.5 Å². The van der Waals surface area contributed by atoms with Crippen LogP contribution in [0.15, 0.2) is 22.7 Å². The number of carbonyl (C=O) groups is 1. The van der Waals surface area contributed by atoms with Crippen LogP contribution >= 0.6 is 28.3 Å². The molecule has 1 aliphatic heterocycles. The van der Waals surface area contributed by atoms with E-state index in [0.29, 0.717) is 5.75 Å². The van der Waals surface area contributed by atoms with Crippen molar-refractivity contribution in [3.8, 4) is 5.75 Å². The third kappa shape index (κ3) is 3.60. The SMILES string of the molecule is COc1cc(NC(=O)C2CCCN2)ccc1Br.Cl. The first-order chi connectivity index (χ1) is 8.20. The Hall–Kier alpha value is -0.780. The molecule has 0 aromatic heterocycles. The molecule has 2 N–H and O–H groups in total. The molecule has 1 aromatic rings. The molecule has 18 heavy (non-hydrogen) atoms. The van der Waals surface area contributed by atoms with Crippen molar-refractivity contribution in [2.24, 2.45) is 0 Å². The molecule has 2 rings (SSSR count). The minimum Gasteiger partial charge on any atom is -0.495 e. The fourth-order valence-electron chi connectivity index (χ4n) is 1.88. The molecule has 6 heteroatoms. The van der Waals surface area contributed by atoms with Gasteiger partial charge in [-0.1, -0.05) is 0 Å². The Balaban J connectivity index is 0.00000162. The first kappa shape index (κ1) is 15.3. The number of anilines is 1. The molecule has 1 fully saturated rings. The van der Waals surface area contributed by atoms with Gasteiger partial charge in [0.1, 0.15) is 5.75 Å². The number of halogens is 2. The summed E-state index contributed by atoms with van der Waals surface area (Å²) in [7, 11) is 1.60. The second-order valence-electron chi connectivity index (χ2n) is 3.99. The highest BCUT2D eigenvalue weighted by molar-refractivity contribution is 9.10. The smallest absolute Gasteiger partial charge is 0.241 e. The average Bonchev–Trinajstić information content (AvgIpc) is 2.85. The summed E-state index contributed by atoms with van der Waals surface area (Å²) >= 11 is 3.37. The van der Waals surface area contributed by atoms with Crippen molar-refractivity contribution < 1.29 is 9.53 Å². The molecule has 1 heterocycles. The van der Waals surface area contributed by atoms with Crippen molar-refractivity contribution >= 4 is 39.9 Å². The first-order valence-electron chi connectivity index (χ1n) is 5.58. The summed E-state index contributed by atoms with van der Waals surface area (Å²) in [6.07, 6.45) is 1.96. The van der Waals surface area contributed by atoms with Crippen LogP contribution in [0.3, 0.4) is 0 Å². The monoisotopic (exact) mass is 334 g/mol. The first-order valence-corrected chi connectivity index (χ1v) is 6.38. The largest absolute Gasteiger partial charge is 0.495 e. The highest BCUT2D eigenvalue weighted by atomic mass is 79.9. The lowest BCUT2D eigenvalue weighted by Gasteiger charge is -2.12. The van der Waals surface area contributed by atoms with Crippen LogP contribution < -0.4 is 15.4 Å². The van der Waals surface area contributed by atoms with Crippen LogP contribution in [-0.4, -0.2) is 25.6 Å². The Morgan fingerprint density at radius 3 is 2.94 bits per heavy atom. The fraction of sp³-hybridized carbons (Fsp3) is 0.417. The summed E-state index contributed by atoms with van der Waals surface area (Å²) in [6, 6.07) is 5.44. The lowest BCUT2D eigenvalue weighted by Crippen LogP contribution is -2.35. The summed E-state index contributed by atoms with van der Waals surface area (Å²) in [6.45, 7) is 0.918. The molecular formula is C12H16BrClN2O2. The molecule has 0 bridgehead atoms. The molecule has 1 unspecified atom stereocenters. The summed E-state index contributed by atoms with van der Waals surface area (Å²) < 4.78 is 6.05. The van der Waals surface area contributed by atoms with Gasteiger partial charge in [0.15, 0.2) is 0 Å². The Morgan fingerprint density at radius 2 is 2.33 bits per heavy atom. The van der Waals surface area contributed by atoms with E-state index in [9.17, 15) is 4.79 Å². The van der Waals surface area contributed by atoms with Gasteiger partial charge in [0.05, 0.1) is 17.6 Å². The molecule has 1 amide bonds. The molecule has 1 aliphatic rings. The van der Waals surface area contributed by atoms with Crippen LogP contribution in [0, 0.1) is 0 Å². The van der Waals surface area contributed by atoms with E-state index in [4.69, 9.17) is 4.74 Å². The number of rotatable bonds is 3. The van der Waals surface area contributed by atoms with Crippen LogP contribution in [0.2, 0.25) is 0 Å². The summed E-state index contributed by atoms with van der Waals surface area (Å²) in [5.41, 5.74) is 0.753.